The Balaban J connectivity index is 2.10. The normalized spacial score (nSPS) is 12.0. The second-order valence-corrected chi connectivity index (χ2v) is 6.11. The molecule has 0 aliphatic rings. The van der Waals surface area contributed by atoms with Crippen molar-refractivity contribution in [2.75, 3.05) is 14.2 Å². The minimum atomic E-state index is 0.313. The van der Waals surface area contributed by atoms with Gasteiger partial charge in [-0.2, -0.15) is 0 Å². The third kappa shape index (κ3) is 5.24. The van der Waals surface area contributed by atoms with E-state index >= 15 is 0 Å². The number of benzene rings is 2. The fourth-order valence-corrected chi connectivity index (χ4v) is 2.73. The molecule has 0 saturated heterocycles. The Labute approximate surface area is 159 Å². The van der Waals surface area contributed by atoms with Gasteiger partial charge in [0.25, 0.3) is 0 Å². The van der Waals surface area contributed by atoms with Crippen molar-refractivity contribution in [1.29, 1.82) is 0 Å². The van der Waals surface area contributed by atoms with Crippen LogP contribution in [0.2, 0.25) is 0 Å². The third-order valence-electron chi connectivity index (χ3n) is 3.22. The van der Waals surface area contributed by atoms with Crippen molar-refractivity contribution < 1.29 is 14.4 Å². The highest BCUT2D eigenvalue weighted by atomic mass is 127. The molecule has 0 aliphatic heterocycles. The molecule has 0 amide bonds. The lowest BCUT2D eigenvalue weighted by Crippen LogP contribution is -2.14. The van der Waals surface area contributed by atoms with E-state index in [1.807, 2.05) is 42.5 Å². The summed E-state index contributed by atoms with van der Waals surface area (Å²) in [7, 11) is 2.91. The summed E-state index contributed by atoms with van der Waals surface area (Å²) in [6.45, 7) is 0.394. The van der Waals surface area contributed by atoms with Gasteiger partial charge in [-0.25, -0.2) is 0 Å². The Morgan fingerprint density at radius 1 is 0.960 bits per heavy atom. The van der Waals surface area contributed by atoms with Crippen LogP contribution in [0.1, 0.15) is 16.7 Å². The highest BCUT2D eigenvalue weighted by Gasteiger charge is 2.07. The summed E-state index contributed by atoms with van der Waals surface area (Å²) in [6, 6.07) is 13.2. The molecule has 2 rings (SSSR count). The monoisotopic (exact) mass is 454 g/mol. The van der Waals surface area contributed by atoms with Crippen LogP contribution in [-0.4, -0.2) is 25.9 Å². The van der Waals surface area contributed by atoms with Crippen LogP contribution in [0.4, 0.5) is 0 Å². The molecule has 0 bridgehead atoms. The second-order valence-electron chi connectivity index (χ2n) is 4.95. The summed E-state index contributed by atoms with van der Waals surface area (Å²) in [6.07, 6.45) is 0. The summed E-state index contributed by atoms with van der Waals surface area (Å²) in [5, 5.41) is 7.45. The number of nitrogens with zero attached hydrogens (tertiary/aromatic N) is 2. The maximum Gasteiger partial charge on any atom is 0.170 e. The van der Waals surface area contributed by atoms with E-state index in [-0.39, 0.29) is 0 Å². The van der Waals surface area contributed by atoms with Crippen molar-refractivity contribution in [3.8, 4) is 5.75 Å². The van der Waals surface area contributed by atoms with Gasteiger partial charge in [0.2, 0.25) is 0 Å². The summed E-state index contributed by atoms with van der Waals surface area (Å²) in [4.78, 5) is 9.37. The molecule has 0 heterocycles. The number of amidine groups is 2. The molecule has 0 saturated carbocycles. The third-order valence-corrected chi connectivity index (χ3v) is 4.07. The molecule has 7 nitrogen and oxygen atoms in total. The Morgan fingerprint density at radius 3 is 2.20 bits per heavy atom. The second kappa shape index (κ2) is 9.11. The van der Waals surface area contributed by atoms with Crippen LogP contribution in [0.15, 0.2) is 52.8 Å². The molecule has 0 radical (unpaired) electrons. The lowest BCUT2D eigenvalue weighted by Gasteiger charge is -2.10. The molecule has 0 spiro atoms. The fraction of sp³-hybridized carbons (Fsp3) is 0.176. The van der Waals surface area contributed by atoms with Crippen LogP contribution in [0.3, 0.4) is 0 Å². The van der Waals surface area contributed by atoms with Crippen molar-refractivity contribution in [3.63, 3.8) is 0 Å². The fourth-order valence-electron chi connectivity index (χ4n) is 2.06. The maximum absolute atomic E-state index is 5.88. The number of ether oxygens (including phenoxy) is 1. The van der Waals surface area contributed by atoms with E-state index in [9.17, 15) is 0 Å². The molecule has 0 aliphatic carbocycles. The molecule has 2 aromatic rings. The molecule has 4 N–H and O–H groups in total. The first kappa shape index (κ1) is 18.8. The van der Waals surface area contributed by atoms with Crippen molar-refractivity contribution in [2.24, 2.45) is 21.8 Å². The number of nitrogens with two attached hydrogens (primary N) is 2. The first-order valence-corrected chi connectivity index (χ1v) is 8.38. The van der Waals surface area contributed by atoms with Gasteiger partial charge in [0.1, 0.15) is 26.6 Å². The zero-order chi connectivity index (χ0) is 18.2. The number of oxime groups is 2. The molecular formula is C17H19IN4O3. The van der Waals surface area contributed by atoms with Crippen LogP contribution in [0, 0.1) is 3.57 Å². The van der Waals surface area contributed by atoms with Gasteiger partial charge >= 0.3 is 0 Å². The summed E-state index contributed by atoms with van der Waals surface area (Å²) < 4.78 is 6.80. The van der Waals surface area contributed by atoms with E-state index in [1.165, 1.54) is 14.2 Å². The van der Waals surface area contributed by atoms with Gasteiger partial charge in [-0.05, 0) is 52.4 Å². The largest absolute Gasteiger partial charge is 0.488 e. The van der Waals surface area contributed by atoms with Gasteiger partial charge in [0.15, 0.2) is 11.7 Å². The van der Waals surface area contributed by atoms with Gasteiger partial charge in [0, 0.05) is 11.1 Å². The average molecular weight is 454 g/mol. The van der Waals surface area contributed by atoms with E-state index < -0.39 is 0 Å². The maximum atomic E-state index is 5.88. The Kier molecular flexibility index (Phi) is 6.87. The zero-order valence-electron chi connectivity index (χ0n) is 13.9. The lowest BCUT2D eigenvalue weighted by atomic mass is 10.1. The van der Waals surface area contributed by atoms with E-state index in [1.54, 1.807) is 0 Å². The molecule has 2 aromatic carbocycles. The summed E-state index contributed by atoms with van der Waals surface area (Å²) in [5.74, 6) is 1.38. The lowest BCUT2D eigenvalue weighted by molar-refractivity contribution is 0.213. The van der Waals surface area contributed by atoms with Gasteiger partial charge in [-0.3, -0.25) is 0 Å². The van der Waals surface area contributed by atoms with Gasteiger partial charge < -0.3 is 25.9 Å². The van der Waals surface area contributed by atoms with E-state index in [4.69, 9.17) is 21.0 Å². The molecule has 25 heavy (non-hydrogen) atoms. The summed E-state index contributed by atoms with van der Waals surface area (Å²) >= 11 is 2.19. The Hall–Kier alpha value is -2.49. The van der Waals surface area contributed by atoms with Crippen LogP contribution in [0.5, 0.6) is 5.75 Å². The molecular weight excluding hydrogens is 435 g/mol. The Morgan fingerprint density at radius 2 is 1.60 bits per heavy atom. The predicted molar refractivity (Wildman–Crippen MR) is 105 cm³/mol. The smallest absolute Gasteiger partial charge is 0.170 e. The van der Waals surface area contributed by atoms with Crippen LogP contribution < -0.4 is 16.2 Å². The van der Waals surface area contributed by atoms with E-state index in [0.717, 1.165) is 26.0 Å². The standard InChI is InChI=1S/C17H19IN4O3/c1-23-21-16(19)12-5-3-4-11(8-12)10-25-15-7-6-13(9-14(15)18)17(20)22-24-2/h3-9H,10H2,1-2H3,(H2,19,21)(H2,20,22). The van der Waals surface area contributed by atoms with E-state index in [2.05, 4.69) is 37.7 Å². The molecule has 0 atom stereocenters. The molecule has 8 heteroatoms. The minimum absolute atomic E-state index is 0.313. The average Bonchev–Trinajstić information content (AvgIpc) is 2.61. The first-order valence-electron chi connectivity index (χ1n) is 7.30. The van der Waals surface area contributed by atoms with Crippen molar-refractivity contribution >= 4 is 34.3 Å². The molecule has 0 aromatic heterocycles. The number of hydrogen-bond acceptors (Lipinski definition) is 5. The number of halogens is 1. The molecule has 0 fully saturated rings. The summed E-state index contributed by atoms with van der Waals surface area (Å²) in [5.41, 5.74) is 14.1. The zero-order valence-corrected chi connectivity index (χ0v) is 16.1. The highest BCUT2D eigenvalue weighted by molar-refractivity contribution is 14.1. The number of hydrogen-bond donors (Lipinski definition) is 2. The van der Waals surface area contributed by atoms with E-state index in [0.29, 0.717) is 18.3 Å². The quantitative estimate of drug-likeness (QED) is 0.290. The highest BCUT2D eigenvalue weighted by Crippen LogP contribution is 2.23. The van der Waals surface area contributed by atoms with Crippen LogP contribution in [-0.2, 0) is 16.3 Å². The Bertz CT molecular complexity index is 793. The van der Waals surface area contributed by atoms with Gasteiger partial charge in [-0.1, -0.05) is 28.5 Å². The van der Waals surface area contributed by atoms with Gasteiger partial charge in [-0.15, -0.1) is 0 Å². The first-order chi connectivity index (χ1) is 12.0. The number of rotatable bonds is 7. The van der Waals surface area contributed by atoms with Crippen LogP contribution >= 0.6 is 22.6 Å². The van der Waals surface area contributed by atoms with Crippen molar-refractivity contribution in [3.05, 3.63) is 62.7 Å². The van der Waals surface area contributed by atoms with Gasteiger partial charge in [0.05, 0.1) is 3.57 Å². The van der Waals surface area contributed by atoms with Crippen LogP contribution in [0.25, 0.3) is 0 Å². The van der Waals surface area contributed by atoms with Crippen molar-refractivity contribution in [2.45, 2.75) is 6.61 Å². The molecule has 0 unspecified atom stereocenters. The molecule has 132 valence electrons. The predicted octanol–water partition coefficient (Wildman–Crippen LogP) is 2.40. The topological polar surface area (TPSA) is 104 Å². The minimum Gasteiger partial charge on any atom is -0.488 e. The van der Waals surface area contributed by atoms with Crippen molar-refractivity contribution in [1.82, 2.24) is 0 Å². The SMILES string of the molecule is CO/N=C(\N)c1cccc(COc2ccc(/C(N)=N/OC)cc2I)c1.